The summed E-state index contributed by atoms with van der Waals surface area (Å²) < 4.78 is 35.2. The molecule has 10 nitrogen and oxygen atoms in total. The third-order valence-electron chi connectivity index (χ3n) is 11.2. The average Bonchev–Trinajstić information content (AvgIpc) is 3.69. The number of aromatic hydroxyl groups is 1. The van der Waals surface area contributed by atoms with Gasteiger partial charge in [0.05, 0.1) is 40.3 Å². The van der Waals surface area contributed by atoms with Crippen LogP contribution in [0.5, 0.6) is 11.8 Å². The van der Waals surface area contributed by atoms with Gasteiger partial charge in [-0.15, -0.1) is 0 Å². The Labute approximate surface area is 262 Å². The second-order valence-corrected chi connectivity index (χ2v) is 16.3. The van der Waals surface area contributed by atoms with Crippen molar-refractivity contribution in [3.05, 3.63) is 46.6 Å². The molecule has 0 saturated carbocycles. The molecule has 4 saturated heterocycles. The second kappa shape index (κ2) is 9.82. The van der Waals surface area contributed by atoms with E-state index in [9.17, 15) is 13.5 Å². The van der Waals surface area contributed by atoms with Crippen molar-refractivity contribution in [2.45, 2.75) is 74.0 Å². The smallest absolute Gasteiger partial charge is 0.318 e. The maximum atomic E-state index is 14.3. The molecule has 3 aromatic rings. The van der Waals surface area contributed by atoms with Crippen molar-refractivity contribution in [2.75, 3.05) is 48.3 Å². The fourth-order valence-corrected chi connectivity index (χ4v) is 11.6. The summed E-state index contributed by atoms with van der Waals surface area (Å²) in [6, 6.07) is 9.51. The van der Waals surface area contributed by atoms with Crippen LogP contribution < -0.4 is 19.9 Å². The Morgan fingerprint density at radius 3 is 2.80 bits per heavy atom. The number of piperazine rings is 1. The van der Waals surface area contributed by atoms with Crippen LogP contribution in [-0.4, -0.2) is 90.6 Å². The molecule has 6 aliphatic rings. The molecule has 232 valence electrons. The number of phenols is 1. The molecule has 7 heterocycles. The molecule has 1 aromatic heterocycles. The van der Waals surface area contributed by atoms with E-state index in [0.717, 1.165) is 67.5 Å². The van der Waals surface area contributed by atoms with Crippen molar-refractivity contribution in [2.24, 2.45) is 0 Å². The van der Waals surface area contributed by atoms with E-state index in [2.05, 4.69) is 15.1 Å². The Hall–Kier alpha value is -2.86. The van der Waals surface area contributed by atoms with Crippen LogP contribution >= 0.6 is 11.6 Å². The van der Waals surface area contributed by atoms with Gasteiger partial charge in [-0.05, 0) is 69.1 Å². The van der Waals surface area contributed by atoms with Crippen LogP contribution in [0, 0.1) is 0 Å². The maximum absolute atomic E-state index is 14.3. The number of aromatic nitrogens is 2. The van der Waals surface area contributed by atoms with Gasteiger partial charge in [0, 0.05) is 42.2 Å². The first-order chi connectivity index (χ1) is 21.3. The summed E-state index contributed by atoms with van der Waals surface area (Å²) >= 11 is 6.72. The number of nitrogens with one attached hydrogen (secondary N) is 1. The molecule has 0 aliphatic carbocycles. The molecule has 4 atom stereocenters. The standard InChI is InChI=1S/C32H37ClN6O4S/c33-22-5-1-4-19-12-21(40)13-25(28(19)22)37-15-24-29-27(16-37)44(41,42)17-26-23-7-6-20(34-23)14-39(26)30(29)36-31(35-24)43-18-32-8-2-10-38(32)11-3-9-32/h1,4-5,12-13,20,23,26-27,34,40H,2-3,6-11,14-18H2. The molecular formula is C32H37ClN6O4S. The van der Waals surface area contributed by atoms with Gasteiger partial charge in [0.15, 0.2) is 9.84 Å². The molecular weight excluding hydrogens is 600 g/mol. The van der Waals surface area contributed by atoms with Gasteiger partial charge in [-0.3, -0.25) is 4.90 Å². The fourth-order valence-electron chi connectivity index (χ4n) is 9.17. The minimum Gasteiger partial charge on any atom is -0.508 e. The van der Waals surface area contributed by atoms with Gasteiger partial charge in [0.1, 0.15) is 23.4 Å². The number of hydrogen-bond acceptors (Lipinski definition) is 10. The predicted molar refractivity (Wildman–Crippen MR) is 170 cm³/mol. The van der Waals surface area contributed by atoms with Gasteiger partial charge < -0.3 is 25.0 Å². The minimum atomic E-state index is -3.60. The number of phenolic OH excluding ortho intramolecular Hbond substituents is 1. The zero-order chi connectivity index (χ0) is 29.8. The Kier molecular flexibility index (Phi) is 6.13. The van der Waals surface area contributed by atoms with Crippen LogP contribution in [0.2, 0.25) is 5.02 Å². The zero-order valence-corrected chi connectivity index (χ0v) is 26.2. The summed E-state index contributed by atoms with van der Waals surface area (Å²) in [4.78, 5) is 16.9. The number of sulfone groups is 1. The number of fused-ring (bicyclic) bond motifs is 7. The molecule has 6 aliphatic heterocycles. The zero-order valence-electron chi connectivity index (χ0n) is 24.6. The highest BCUT2D eigenvalue weighted by molar-refractivity contribution is 7.91. The molecule has 9 rings (SSSR count). The quantitative estimate of drug-likeness (QED) is 0.439. The molecule has 4 fully saturated rings. The second-order valence-electron chi connectivity index (χ2n) is 13.7. The Morgan fingerprint density at radius 2 is 1.95 bits per heavy atom. The van der Waals surface area contributed by atoms with Gasteiger partial charge in [0.25, 0.3) is 0 Å². The molecule has 4 unspecified atom stereocenters. The summed E-state index contributed by atoms with van der Waals surface area (Å²) in [6.07, 6.45) is 6.59. The Morgan fingerprint density at radius 1 is 1.11 bits per heavy atom. The van der Waals surface area contributed by atoms with Crippen molar-refractivity contribution >= 4 is 43.7 Å². The lowest BCUT2D eigenvalue weighted by Crippen LogP contribution is -2.60. The number of nitrogens with zero attached hydrogens (tertiary/aromatic N) is 5. The average molecular weight is 637 g/mol. The lowest BCUT2D eigenvalue weighted by molar-refractivity contribution is 0.107. The van der Waals surface area contributed by atoms with Crippen molar-refractivity contribution in [3.8, 4) is 11.8 Å². The number of hydrogen-bond donors (Lipinski definition) is 2. The first kappa shape index (κ1) is 27.5. The Balaban J connectivity index is 1.18. The third kappa shape index (κ3) is 4.15. The molecule has 12 heteroatoms. The monoisotopic (exact) mass is 636 g/mol. The summed E-state index contributed by atoms with van der Waals surface area (Å²) in [5.41, 5.74) is 2.13. The highest BCUT2D eigenvalue weighted by atomic mass is 35.5. The fraction of sp³-hybridized carbons (Fsp3) is 0.562. The van der Waals surface area contributed by atoms with Gasteiger partial charge >= 0.3 is 6.01 Å². The van der Waals surface area contributed by atoms with Crippen LogP contribution in [0.1, 0.15) is 55.0 Å². The number of ether oxygens (including phenoxy) is 1. The Bertz CT molecular complexity index is 1780. The predicted octanol–water partition coefficient (Wildman–Crippen LogP) is 3.79. The normalized spacial score (nSPS) is 29.8. The number of anilines is 2. The van der Waals surface area contributed by atoms with E-state index in [0.29, 0.717) is 41.6 Å². The van der Waals surface area contributed by atoms with Gasteiger partial charge in [-0.25, -0.2) is 8.42 Å². The van der Waals surface area contributed by atoms with Crippen molar-refractivity contribution in [1.29, 1.82) is 0 Å². The highest BCUT2D eigenvalue weighted by Crippen LogP contribution is 2.47. The summed E-state index contributed by atoms with van der Waals surface area (Å²) in [6.45, 7) is 4.08. The van der Waals surface area contributed by atoms with E-state index in [1.54, 1.807) is 12.1 Å². The molecule has 2 bridgehead atoms. The lowest BCUT2D eigenvalue weighted by atomic mass is 9.95. The molecule has 0 spiro atoms. The van der Waals surface area contributed by atoms with Crippen LogP contribution in [0.3, 0.4) is 0 Å². The van der Waals surface area contributed by atoms with E-state index in [4.69, 9.17) is 26.3 Å². The first-order valence-electron chi connectivity index (χ1n) is 16.0. The van der Waals surface area contributed by atoms with Gasteiger partial charge in [0.2, 0.25) is 0 Å². The van der Waals surface area contributed by atoms with Crippen molar-refractivity contribution < 1.29 is 18.3 Å². The van der Waals surface area contributed by atoms with E-state index < -0.39 is 15.1 Å². The van der Waals surface area contributed by atoms with Crippen molar-refractivity contribution in [3.63, 3.8) is 0 Å². The molecule has 0 amide bonds. The summed E-state index contributed by atoms with van der Waals surface area (Å²) in [7, 11) is -3.60. The van der Waals surface area contributed by atoms with Crippen LogP contribution in [-0.2, 0) is 16.4 Å². The summed E-state index contributed by atoms with van der Waals surface area (Å²) in [5.74, 6) is 0.889. The van der Waals surface area contributed by atoms with Gasteiger partial charge in [-0.1, -0.05) is 23.7 Å². The molecule has 2 aromatic carbocycles. The van der Waals surface area contributed by atoms with Crippen LogP contribution in [0.15, 0.2) is 30.3 Å². The van der Waals surface area contributed by atoms with E-state index in [1.807, 2.05) is 23.1 Å². The highest BCUT2D eigenvalue weighted by Gasteiger charge is 2.51. The topological polar surface area (TPSA) is 111 Å². The molecule has 0 radical (unpaired) electrons. The molecule has 44 heavy (non-hydrogen) atoms. The van der Waals surface area contributed by atoms with E-state index in [1.165, 1.54) is 12.8 Å². The third-order valence-corrected chi connectivity index (χ3v) is 13.6. The minimum absolute atomic E-state index is 0.0409. The molecule has 2 N–H and O–H groups in total. The number of rotatable bonds is 4. The SMILES string of the molecule is O=S1(=O)CC2C3CCC(CN2c2nc(OCC45CCCN4CCC5)nc4c2C1CN(c1cc(O)cc2cccc(Cl)c12)C4)N3. The van der Waals surface area contributed by atoms with Crippen LogP contribution in [0.25, 0.3) is 10.8 Å². The number of halogens is 1. The van der Waals surface area contributed by atoms with E-state index >= 15 is 0 Å². The largest absolute Gasteiger partial charge is 0.508 e. The lowest BCUT2D eigenvalue weighted by Gasteiger charge is -2.41. The first-order valence-corrected chi connectivity index (χ1v) is 18.1. The summed E-state index contributed by atoms with van der Waals surface area (Å²) in [5, 5.41) is 15.7. The maximum Gasteiger partial charge on any atom is 0.318 e. The van der Waals surface area contributed by atoms with E-state index in [-0.39, 0.29) is 35.7 Å². The van der Waals surface area contributed by atoms with Gasteiger partial charge in [-0.2, -0.15) is 9.97 Å². The van der Waals surface area contributed by atoms with Crippen molar-refractivity contribution in [1.82, 2.24) is 20.2 Å². The van der Waals surface area contributed by atoms with Crippen LogP contribution in [0.4, 0.5) is 11.5 Å². The number of benzene rings is 2.